The fourth-order valence-electron chi connectivity index (χ4n) is 2.35. The van der Waals surface area contributed by atoms with E-state index < -0.39 is 0 Å². The lowest BCUT2D eigenvalue weighted by atomic mass is 10.0. The molecule has 7 heteroatoms. The lowest BCUT2D eigenvalue weighted by Gasteiger charge is -2.19. The molecule has 1 aliphatic rings. The summed E-state index contributed by atoms with van der Waals surface area (Å²) in [6, 6.07) is 1.67. The average molecular weight is 351 g/mol. The van der Waals surface area contributed by atoms with Crippen molar-refractivity contribution in [3.8, 4) is 0 Å². The van der Waals surface area contributed by atoms with Gasteiger partial charge in [0.05, 0.1) is 10.0 Å². The fourth-order valence-corrected chi connectivity index (χ4v) is 2.71. The summed E-state index contributed by atoms with van der Waals surface area (Å²) in [6.07, 6.45) is 4.56. The lowest BCUT2D eigenvalue weighted by Crippen LogP contribution is -2.40. The van der Waals surface area contributed by atoms with Gasteiger partial charge in [0.15, 0.2) is 0 Å². The zero-order chi connectivity index (χ0) is 13.1. The molecule has 1 saturated carbocycles. The van der Waals surface area contributed by atoms with Gasteiger partial charge in [-0.15, -0.1) is 12.4 Å². The topological polar surface area (TPSA) is 88.0 Å². The molecule has 19 heavy (non-hydrogen) atoms. The highest BCUT2D eigenvalue weighted by Gasteiger charge is 2.27. The van der Waals surface area contributed by atoms with Crippen LogP contribution in [0, 0.1) is 5.92 Å². The SMILES string of the molecule is Cl.NCC1CCCC1NC(=O)c1c[nH]c(=O)c(Br)c1. The Morgan fingerprint density at radius 2 is 2.26 bits per heavy atom. The van der Waals surface area contributed by atoms with Crippen LogP contribution in [0.1, 0.15) is 29.6 Å². The third kappa shape index (κ3) is 3.81. The third-order valence-electron chi connectivity index (χ3n) is 3.40. The Balaban J connectivity index is 0.00000180. The number of carbonyl (C=O) groups is 1. The first-order chi connectivity index (χ1) is 8.61. The Morgan fingerprint density at radius 1 is 1.53 bits per heavy atom. The van der Waals surface area contributed by atoms with E-state index in [2.05, 4.69) is 26.2 Å². The minimum Gasteiger partial charge on any atom is -0.349 e. The van der Waals surface area contributed by atoms with E-state index in [1.54, 1.807) is 0 Å². The quantitative estimate of drug-likeness (QED) is 0.770. The molecule has 0 aromatic carbocycles. The monoisotopic (exact) mass is 349 g/mol. The van der Waals surface area contributed by atoms with E-state index in [1.807, 2.05) is 0 Å². The molecule has 1 aromatic heterocycles. The predicted molar refractivity (Wildman–Crippen MR) is 79.7 cm³/mol. The van der Waals surface area contributed by atoms with Crippen LogP contribution >= 0.6 is 28.3 Å². The number of hydrogen-bond donors (Lipinski definition) is 3. The highest BCUT2D eigenvalue weighted by Crippen LogP contribution is 2.24. The van der Waals surface area contributed by atoms with Gasteiger partial charge >= 0.3 is 0 Å². The predicted octanol–water partition coefficient (Wildman–Crippen LogP) is 1.42. The van der Waals surface area contributed by atoms with E-state index in [1.165, 1.54) is 12.3 Å². The first-order valence-electron chi connectivity index (χ1n) is 6.01. The first-order valence-corrected chi connectivity index (χ1v) is 6.80. The minimum absolute atomic E-state index is 0. The molecule has 0 bridgehead atoms. The molecule has 1 aromatic rings. The number of pyridine rings is 1. The molecule has 1 amide bonds. The highest BCUT2D eigenvalue weighted by molar-refractivity contribution is 9.10. The molecule has 0 spiro atoms. The number of aromatic nitrogens is 1. The van der Waals surface area contributed by atoms with Crippen molar-refractivity contribution in [2.75, 3.05) is 6.54 Å². The Labute approximate surface area is 125 Å². The molecule has 0 radical (unpaired) electrons. The van der Waals surface area contributed by atoms with Gasteiger partial charge in [0.2, 0.25) is 0 Å². The number of nitrogens with one attached hydrogen (secondary N) is 2. The summed E-state index contributed by atoms with van der Waals surface area (Å²) in [5.41, 5.74) is 5.88. The van der Waals surface area contributed by atoms with Gasteiger partial charge in [0, 0.05) is 12.2 Å². The number of carbonyl (C=O) groups excluding carboxylic acids is 1. The maximum Gasteiger partial charge on any atom is 0.262 e. The minimum atomic E-state index is -0.243. The van der Waals surface area contributed by atoms with Crippen LogP contribution in [-0.2, 0) is 0 Å². The molecule has 1 aliphatic carbocycles. The van der Waals surface area contributed by atoms with Crippen LogP contribution in [-0.4, -0.2) is 23.5 Å². The Bertz CT molecular complexity index is 506. The van der Waals surface area contributed by atoms with Crippen LogP contribution in [0.15, 0.2) is 21.5 Å². The second-order valence-electron chi connectivity index (χ2n) is 4.57. The fraction of sp³-hybridized carbons (Fsp3) is 0.500. The van der Waals surface area contributed by atoms with E-state index in [0.717, 1.165) is 19.3 Å². The number of rotatable bonds is 3. The number of amides is 1. The third-order valence-corrected chi connectivity index (χ3v) is 3.99. The second-order valence-corrected chi connectivity index (χ2v) is 5.43. The van der Waals surface area contributed by atoms with Crippen molar-refractivity contribution >= 4 is 34.2 Å². The molecule has 2 unspecified atom stereocenters. The maximum absolute atomic E-state index is 12.0. The van der Waals surface area contributed by atoms with Crippen LogP contribution in [0.5, 0.6) is 0 Å². The van der Waals surface area contributed by atoms with Crippen LogP contribution in [0.3, 0.4) is 0 Å². The molecular weight excluding hydrogens is 334 g/mol. The summed E-state index contributed by atoms with van der Waals surface area (Å²) in [5, 5.41) is 2.98. The summed E-state index contributed by atoms with van der Waals surface area (Å²) < 4.78 is 0.358. The van der Waals surface area contributed by atoms with Gasteiger partial charge in [-0.25, -0.2) is 0 Å². The number of nitrogens with two attached hydrogens (primary N) is 1. The number of hydrogen-bond acceptors (Lipinski definition) is 3. The molecule has 0 saturated heterocycles. The van der Waals surface area contributed by atoms with Crippen LogP contribution in [0.2, 0.25) is 0 Å². The van der Waals surface area contributed by atoms with Crippen molar-refractivity contribution in [1.82, 2.24) is 10.3 Å². The van der Waals surface area contributed by atoms with Gasteiger partial charge in [-0.1, -0.05) is 6.42 Å². The van der Waals surface area contributed by atoms with Gasteiger partial charge in [0.1, 0.15) is 0 Å². The number of aromatic amines is 1. The Kier molecular flexibility index (Phi) is 6.03. The van der Waals surface area contributed by atoms with Crippen molar-refractivity contribution in [3.63, 3.8) is 0 Å². The average Bonchev–Trinajstić information content (AvgIpc) is 2.79. The van der Waals surface area contributed by atoms with E-state index >= 15 is 0 Å². The van der Waals surface area contributed by atoms with Crippen LogP contribution in [0.25, 0.3) is 0 Å². The second kappa shape index (κ2) is 7.07. The van der Waals surface area contributed by atoms with Gasteiger partial charge in [0.25, 0.3) is 11.5 Å². The van der Waals surface area contributed by atoms with Crippen LogP contribution in [0.4, 0.5) is 0 Å². The molecule has 4 N–H and O–H groups in total. The zero-order valence-corrected chi connectivity index (χ0v) is 12.7. The number of H-pyrrole nitrogens is 1. The van der Waals surface area contributed by atoms with Gasteiger partial charge in [-0.05, 0) is 47.3 Å². The van der Waals surface area contributed by atoms with E-state index in [9.17, 15) is 9.59 Å². The van der Waals surface area contributed by atoms with Gasteiger partial charge in [-0.3, -0.25) is 9.59 Å². The molecule has 5 nitrogen and oxygen atoms in total. The standard InChI is InChI=1S/C12H16BrN3O2.ClH/c13-9-4-8(6-15-12(9)18)11(17)16-10-3-1-2-7(10)5-14;/h4,6-7,10H,1-3,5,14H2,(H,15,18)(H,16,17);1H. The van der Waals surface area contributed by atoms with E-state index in [0.29, 0.717) is 22.5 Å². The Morgan fingerprint density at radius 3 is 2.89 bits per heavy atom. The summed E-state index contributed by atoms with van der Waals surface area (Å²) in [6.45, 7) is 0.597. The van der Waals surface area contributed by atoms with E-state index in [4.69, 9.17) is 5.73 Å². The molecule has 106 valence electrons. The largest absolute Gasteiger partial charge is 0.349 e. The van der Waals surface area contributed by atoms with Crippen molar-refractivity contribution in [2.24, 2.45) is 11.7 Å². The van der Waals surface area contributed by atoms with E-state index in [-0.39, 0.29) is 29.9 Å². The molecular formula is C12H17BrClN3O2. The summed E-state index contributed by atoms with van der Waals surface area (Å²) in [4.78, 5) is 25.7. The summed E-state index contributed by atoms with van der Waals surface area (Å²) >= 11 is 3.11. The highest BCUT2D eigenvalue weighted by atomic mass is 79.9. The van der Waals surface area contributed by atoms with Crippen molar-refractivity contribution < 1.29 is 4.79 Å². The molecule has 2 atom stereocenters. The van der Waals surface area contributed by atoms with Gasteiger partial charge in [-0.2, -0.15) is 0 Å². The summed E-state index contributed by atoms with van der Waals surface area (Å²) in [5.74, 6) is 0.192. The normalized spacial score (nSPS) is 21.8. The molecule has 1 heterocycles. The molecule has 2 rings (SSSR count). The first kappa shape index (κ1) is 16.2. The molecule has 1 fully saturated rings. The van der Waals surface area contributed by atoms with Crippen LogP contribution < -0.4 is 16.6 Å². The van der Waals surface area contributed by atoms with Gasteiger partial charge < -0.3 is 16.0 Å². The Hall–Kier alpha value is -0.850. The maximum atomic E-state index is 12.0. The lowest BCUT2D eigenvalue weighted by molar-refractivity contribution is 0.0928. The number of halogens is 2. The van der Waals surface area contributed by atoms with Crippen molar-refractivity contribution in [3.05, 3.63) is 32.7 Å². The smallest absolute Gasteiger partial charge is 0.262 e. The molecule has 0 aliphatic heterocycles. The zero-order valence-electron chi connectivity index (χ0n) is 10.3. The summed E-state index contributed by atoms with van der Waals surface area (Å²) in [7, 11) is 0. The van der Waals surface area contributed by atoms with Crippen molar-refractivity contribution in [2.45, 2.75) is 25.3 Å². The van der Waals surface area contributed by atoms with Crippen molar-refractivity contribution in [1.29, 1.82) is 0 Å².